The van der Waals surface area contributed by atoms with Crippen molar-refractivity contribution in [1.29, 1.82) is 0 Å². The summed E-state index contributed by atoms with van der Waals surface area (Å²) in [5, 5.41) is 7.05. The van der Waals surface area contributed by atoms with Gasteiger partial charge in [-0.25, -0.2) is 9.38 Å². The first-order chi connectivity index (χ1) is 14.6. The number of rotatable bonds is 4. The lowest BCUT2D eigenvalue weighted by atomic mass is 10.1. The van der Waals surface area contributed by atoms with Crippen molar-refractivity contribution < 1.29 is 9.13 Å². The molecule has 3 aliphatic rings. The van der Waals surface area contributed by atoms with Crippen LogP contribution in [0.2, 0.25) is 0 Å². The Morgan fingerprint density at radius 3 is 2.27 bits per heavy atom. The number of methoxy groups -OCH3 is 1. The molecule has 0 bridgehead atoms. The predicted molar refractivity (Wildman–Crippen MR) is 118 cm³/mol. The largest absolute Gasteiger partial charge is 0.494 e. The van der Waals surface area contributed by atoms with Gasteiger partial charge in [-0.1, -0.05) is 38.5 Å². The smallest absolute Gasteiger partial charge is 0.224 e. The van der Waals surface area contributed by atoms with Gasteiger partial charge in [-0.15, -0.1) is 0 Å². The highest BCUT2D eigenvalue weighted by Gasteiger charge is 2.29. The fourth-order valence-corrected chi connectivity index (χ4v) is 4.60. The van der Waals surface area contributed by atoms with Crippen LogP contribution in [0.15, 0.2) is 28.2 Å². The van der Waals surface area contributed by atoms with Crippen molar-refractivity contribution >= 4 is 17.6 Å². The van der Waals surface area contributed by atoms with Crippen LogP contribution in [-0.4, -0.2) is 37.4 Å². The molecule has 1 aliphatic heterocycles. The maximum absolute atomic E-state index is 14.4. The molecule has 8 heteroatoms. The van der Waals surface area contributed by atoms with Gasteiger partial charge in [0, 0.05) is 18.2 Å². The number of aliphatic imine (C=N–C) groups is 2. The van der Waals surface area contributed by atoms with Gasteiger partial charge in [-0.2, -0.15) is 4.99 Å². The summed E-state index contributed by atoms with van der Waals surface area (Å²) >= 11 is 0. The van der Waals surface area contributed by atoms with E-state index in [2.05, 4.69) is 15.6 Å². The van der Waals surface area contributed by atoms with Crippen molar-refractivity contribution in [1.82, 2.24) is 10.6 Å². The second-order valence-electron chi connectivity index (χ2n) is 8.45. The Morgan fingerprint density at radius 1 is 1.00 bits per heavy atom. The second-order valence-corrected chi connectivity index (χ2v) is 8.45. The van der Waals surface area contributed by atoms with Crippen LogP contribution in [0.4, 0.5) is 10.1 Å². The number of nitrogens with zero attached hydrogens (tertiary/aromatic N) is 3. The average Bonchev–Trinajstić information content (AvgIpc) is 3.10. The Bertz CT molecular complexity index is 784. The molecule has 0 spiro atoms. The molecule has 1 aromatic carbocycles. The Labute approximate surface area is 178 Å². The zero-order valence-corrected chi connectivity index (χ0v) is 17.7. The lowest BCUT2D eigenvalue weighted by Gasteiger charge is -2.35. The molecule has 164 valence electrons. The Morgan fingerprint density at radius 2 is 1.63 bits per heavy atom. The maximum Gasteiger partial charge on any atom is 0.224 e. The van der Waals surface area contributed by atoms with Crippen LogP contribution in [0.3, 0.4) is 0 Å². The predicted octanol–water partition coefficient (Wildman–Crippen LogP) is 3.45. The molecular formula is C22H33FN6O. The highest BCUT2D eigenvalue weighted by molar-refractivity contribution is 6.06. The van der Waals surface area contributed by atoms with Crippen LogP contribution < -0.4 is 26.0 Å². The van der Waals surface area contributed by atoms with Gasteiger partial charge < -0.3 is 15.4 Å². The molecule has 1 atom stereocenters. The standard InChI is InChI=1S/C22H33FN6O/c1-30-19-13-12-17(14-18(19)23)29-20(24)27-21(25-15-8-4-2-3-5-9-15)28-22(29)26-16-10-6-7-11-16/h12-16,20H,2-11,24H2,1H3,(H2,25,26,27,28). The number of benzene rings is 1. The third-order valence-electron chi connectivity index (χ3n) is 6.25. The molecule has 1 heterocycles. The van der Waals surface area contributed by atoms with Crippen molar-refractivity contribution in [2.75, 3.05) is 12.0 Å². The van der Waals surface area contributed by atoms with Crippen LogP contribution >= 0.6 is 0 Å². The SMILES string of the molecule is COc1ccc(N2C(NC3CCCC3)=NC(NC3CCCCCC3)=NC2N)cc1F. The summed E-state index contributed by atoms with van der Waals surface area (Å²) in [6.07, 6.45) is 11.2. The molecule has 2 fully saturated rings. The number of anilines is 1. The van der Waals surface area contributed by atoms with Crippen LogP contribution in [0.1, 0.15) is 64.2 Å². The van der Waals surface area contributed by atoms with Gasteiger partial charge in [0.1, 0.15) is 0 Å². The number of halogens is 1. The molecule has 30 heavy (non-hydrogen) atoms. The monoisotopic (exact) mass is 416 g/mol. The van der Waals surface area contributed by atoms with Crippen molar-refractivity contribution in [2.45, 2.75) is 82.6 Å². The zero-order chi connectivity index (χ0) is 20.9. The first-order valence-electron chi connectivity index (χ1n) is 11.2. The van der Waals surface area contributed by atoms with E-state index in [1.165, 1.54) is 51.7 Å². The maximum atomic E-state index is 14.4. The third-order valence-corrected chi connectivity index (χ3v) is 6.25. The van der Waals surface area contributed by atoms with E-state index in [1.807, 2.05) is 0 Å². The molecule has 4 rings (SSSR count). The Hall–Kier alpha value is -2.35. The summed E-state index contributed by atoms with van der Waals surface area (Å²) in [4.78, 5) is 11.1. The zero-order valence-electron chi connectivity index (χ0n) is 17.7. The van der Waals surface area contributed by atoms with Gasteiger partial charge in [-0.3, -0.25) is 10.6 Å². The molecule has 0 radical (unpaired) electrons. The van der Waals surface area contributed by atoms with E-state index in [0.717, 1.165) is 25.7 Å². The molecule has 1 aromatic rings. The Balaban J connectivity index is 1.58. The summed E-state index contributed by atoms with van der Waals surface area (Å²) in [5.41, 5.74) is 7.05. The van der Waals surface area contributed by atoms with Crippen molar-refractivity contribution in [3.05, 3.63) is 24.0 Å². The number of hydrogen-bond acceptors (Lipinski definition) is 7. The lowest BCUT2D eigenvalue weighted by Crippen LogP contribution is -2.56. The first-order valence-corrected chi connectivity index (χ1v) is 11.2. The molecule has 2 aliphatic carbocycles. The molecule has 7 nitrogen and oxygen atoms in total. The van der Waals surface area contributed by atoms with Gasteiger partial charge in [0.25, 0.3) is 0 Å². The summed E-state index contributed by atoms with van der Waals surface area (Å²) < 4.78 is 19.4. The van der Waals surface area contributed by atoms with Gasteiger partial charge in [0.2, 0.25) is 11.9 Å². The molecular weight excluding hydrogens is 383 g/mol. The first kappa shape index (κ1) is 20.9. The van der Waals surface area contributed by atoms with Gasteiger partial charge >= 0.3 is 0 Å². The minimum atomic E-state index is -0.688. The van der Waals surface area contributed by atoms with Gasteiger partial charge in [0.15, 0.2) is 17.9 Å². The van der Waals surface area contributed by atoms with Crippen LogP contribution in [0.25, 0.3) is 0 Å². The van der Waals surface area contributed by atoms with E-state index in [9.17, 15) is 4.39 Å². The summed E-state index contributed by atoms with van der Waals surface area (Å²) in [7, 11) is 1.45. The van der Waals surface area contributed by atoms with E-state index in [1.54, 1.807) is 17.0 Å². The summed E-state index contributed by atoms with van der Waals surface area (Å²) in [5.74, 6) is 0.963. The number of nitrogens with one attached hydrogen (secondary N) is 2. The number of hydrogen-bond donors (Lipinski definition) is 3. The fourth-order valence-electron chi connectivity index (χ4n) is 4.60. The highest BCUT2D eigenvalue weighted by Crippen LogP contribution is 2.27. The van der Waals surface area contributed by atoms with Crippen molar-refractivity contribution in [3.63, 3.8) is 0 Å². The fraction of sp³-hybridized carbons (Fsp3) is 0.636. The number of nitrogens with two attached hydrogens (primary N) is 1. The highest BCUT2D eigenvalue weighted by atomic mass is 19.1. The molecule has 2 saturated carbocycles. The van der Waals surface area contributed by atoms with Gasteiger partial charge in [-0.05, 0) is 37.8 Å². The van der Waals surface area contributed by atoms with E-state index in [-0.39, 0.29) is 5.75 Å². The molecule has 0 amide bonds. The minimum absolute atomic E-state index is 0.200. The topological polar surface area (TPSA) is 87.3 Å². The molecule has 0 saturated heterocycles. The lowest BCUT2D eigenvalue weighted by molar-refractivity contribution is 0.386. The van der Waals surface area contributed by atoms with E-state index >= 15 is 0 Å². The average molecular weight is 417 g/mol. The number of ether oxygens (including phenoxy) is 1. The quantitative estimate of drug-likeness (QED) is 0.655. The van der Waals surface area contributed by atoms with Gasteiger partial charge in [0.05, 0.1) is 12.8 Å². The molecule has 1 unspecified atom stereocenters. The van der Waals surface area contributed by atoms with E-state index in [0.29, 0.717) is 29.7 Å². The molecule has 4 N–H and O–H groups in total. The molecule has 0 aromatic heterocycles. The van der Waals surface area contributed by atoms with Crippen LogP contribution in [0.5, 0.6) is 5.75 Å². The van der Waals surface area contributed by atoms with E-state index < -0.39 is 12.1 Å². The van der Waals surface area contributed by atoms with Crippen LogP contribution in [-0.2, 0) is 0 Å². The normalized spacial score (nSPS) is 23.6. The summed E-state index contributed by atoms with van der Waals surface area (Å²) in [6.45, 7) is 0. The van der Waals surface area contributed by atoms with Crippen LogP contribution in [0, 0.1) is 5.82 Å². The second kappa shape index (κ2) is 9.64. The minimum Gasteiger partial charge on any atom is -0.494 e. The Kier molecular flexibility index (Phi) is 6.72. The third kappa shape index (κ3) is 4.86. The van der Waals surface area contributed by atoms with Crippen molar-refractivity contribution in [2.24, 2.45) is 15.7 Å². The van der Waals surface area contributed by atoms with E-state index in [4.69, 9.17) is 15.5 Å². The number of guanidine groups is 2. The van der Waals surface area contributed by atoms with Crippen molar-refractivity contribution in [3.8, 4) is 5.75 Å². The summed E-state index contributed by atoms with van der Waals surface area (Å²) in [6, 6.07) is 5.53.